The van der Waals surface area contributed by atoms with Gasteiger partial charge in [0.2, 0.25) is 0 Å². The fraction of sp³-hybridized carbons (Fsp3) is 0.312. The van der Waals surface area contributed by atoms with Gasteiger partial charge >= 0.3 is 11.9 Å². The molecule has 0 saturated heterocycles. The van der Waals surface area contributed by atoms with E-state index in [-0.39, 0.29) is 34.3 Å². The van der Waals surface area contributed by atoms with Crippen molar-refractivity contribution in [3.8, 4) is 5.75 Å². The summed E-state index contributed by atoms with van der Waals surface area (Å²) in [5.74, 6) is -1.90. The summed E-state index contributed by atoms with van der Waals surface area (Å²) in [5.41, 5.74) is 2.87. The van der Waals surface area contributed by atoms with Gasteiger partial charge in [0.25, 0.3) is 11.8 Å². The van der Waals surface area contributed by atoms with Gasteiger partial charge in [0.15, 0.2) is 0 Å². The van der Waals surface area contributed by atoms with Crippen molar-refractivity contribution in [1.29, 1.82) is 0 Å². The molecule has 1 aliphatic heterocycles. The van der Waals surface area contributed by atoms with E-state index < -0.39 is 23.8 Å². The number of hydrogen-bond acceptors (Lipinski definition) is 6. The van der Waals surface area contributed by atoms with E-state index in [0.29, 0.717) is 17.9 Å². The molecule has 7 heteroatoms. The van der Waals surface area contributed by atoms with Crippen LogP contribution in [0.5, 0.6) is 5.75 Å². The van der Waals surface area contributed by atoms with Crippen LogP contribution in [0.1, 0.15) is 112 Å². The van der Waals surface area contributed by atoms with E-state index >= 15 is 0 Å². The Hall–Kier alpha value is -4.26. The van der Waals surface area contributed by atoms with Crippen LogP contribution in [0.15, 0.2) is 60.7 Å². The van der Waals surface area contributed by atoms with Gasteiger partial charge in [-0.15, -0.1) is 0 Å². The first kappa shape index (κ1) is 27.8. The zero-order chi connectivity index (χ0) is 28.3. The molecule has 2 amide bonds. The molecule has 202 valence electrons. The van der Waals surface area contributed by atoms with E-state index in [0.717, 1.165) is 24.0 Å². The van der Waals surface area contributed by atoms with Crippen LogP contribution in [0, 0.1) is 0 Å². The van der Waals surface area contributed by atoms with Crippen LogP contribution in [-0.2, 0) is 4.74 Å². The van der Waals surface area contributed by atoms with Gasteiger partial charge in [0, 0.05) is 0 Å². The minimum absolute atomic E-state index is 0.00419. The second kappa shape index (κ2) is 11.6. The van der Waals surface area contributed by atoms with Gasteiger partial charge in [-0.2, -0.15) is 0 Å². The minimum atomic E-state index is -0.769. The first-order chi connectivity index (χ1) is 18.6. The Morgan fingerprint density at radius 2 is 1.41 bits per heavy atom. The SMILES string of the molecule is CCCCOC(=O)c1ccc(OC(=O)c2cccc3c2C(=O)N(c2c(C(C)C)cccc2C(C)C)C3=O)cc1. The van der Waals surface area contributed by atoms with Crippen molar-refractivity contribution in [2.45, 2.75) is 59.3 Å². The maximum absolute atomic E-state index is 13.8. The van der Waals surface area contributed by atoms with Crippen molar-refractivity contribution in [2.24, 2.45) is 0 Å². The van der Waals surface area contributed by atoms with Crippen molar-refractivity contribution in [2.75, 3.05) is 11.5 Å². The first-order valence-electron chi connectivity index (χ1n) is 13.3. The molecule has 0 fully saturated rings. The minimum Gasteiger partial charge on any atom is -0.462 e. The van der Waals surface area contributed by atoms with Crippen molar-refractivity contribution in [3.63, 3.8) is 0 Å². The molecule has 0 aromatic heterocycles. The van der Waals surface area contributed by atoms with Crippen LogP contribution in [0.3, 0.4) is 0 Å². The van der Waals surface area contributed by atoms with Crippen LogP contribution in [0.4, 0.5) is 5.69 Å². The van der Waals surface area contributed by atoms with Gasteiger partial charge in [0.1, 0.15) is 5.75 Å². The number of ether oxygens (including phenoxy) is 2. The third-order valence-electron chi connectivity index (χ3n) is 6.73. The van der Waals surface area contributed by atoms with Crippen molar-refractivity contribution < 1.29 is 28.7 Å². The summed E-state index contributed by atoms with van der Waals surface area (Å²) in [5, 5.41) is 0. The van der Waals surface area contributed by atoms with E-state index in [1.165, 1.54) is 35.2 Å². The lowest BCUT2D eigenvalue weighted by atomic mass is 9.92. The predicted octanol–water partition coefficient (Wildman–Crippen LogP) is 6.91. The molecule has 3 aromatic rings. The zero-order valence-corrected chi connectivity index (χ0v) is 22.9. The van der Waals surface area contributed by atoms with E-state index in [9.17, 15) is 19.2 Å². The number of amides is 2. The molecule has 1 heterocycles. The van der Waals surface area contributed by atoms with Gasteiger partial charge < -0.3 is 9.47 Å². The standard InChI is InChI=1S/C32H33NO6/c1-6-7-18-38-31(36)21-14-16-22(17-15-21)39-32(37)26-13-9-12-25-27(26)30(35)33(29(25)34)28-23(19(2)3)10-8-11-24(28)20(4)5/h8-17,19-20H,6-7,18H2,1-5H3. The third kappa shape index (κ3) is 5.48. The summed E-state index contributed by atoms with van der Waals surface area (Å²) in [7, 11) is 0. The largest absolute Gasteiger partial charge is 0.462 e. The molecular formula is C32H33NO6. The van der Waals surface area contributed by atoms with Crippen molar-refractivity contribution >= 4 is 29.4 Å². The Kier molecular flexibility index (Phi) is 8.29. The number of imide groups is 1. The van der Waals surface area contributed by atoms with Crippen molar-refractivity contribution in [3.05, 3.63) is 94.0 Å². The number of benzene rings is 3. The second-order valence-corrected chi connectivity index (χ2v) is 10.2. The first-order valence-corrected chi connectivity index (χ1v) is 13.3. The molecule has 0 spiro atoms. The molecule has 1 aliphatic rings. The number of fused-ring (bicyclic) bond motifs is 1. The maximum atomic E-state index is 13.8. The van der Waals surface area contributed by atoms with Gasteiger partial charge in [-0.1, -0.05) is 65.3 Å². The Labute approximate surface area is 228 Å². The van der Waals surface area contributed by atoms with Crippen LogP contribution in [-0.4, -0.2) is 30.4 Å². The topological polar surface area (TPSA) is 90.0 Å². The molecule has 4 rings (SSSR count). The molecule has 0 saturated carbocycles. The molecule has 3 aromatic carbocycles. The summed E-state index contributed by atoms with van der Waals surface area (Å²) < 4.78 is 10.7. The summed E-state index contributed by atoms with van der Waals surface area (Å²) in [6.45, 7) is 10.4. The molecule has 7 nitrogen and oxygen atoms in total. The average Bonchev–Trinajstić information content (AvgIpc) is 3.17. The highest BCUT2D eigenvalue weighted by atomic mass is 16.5. The highest BCUT2D eigenvalue weighted by Gasteiger charge is 2.42. The van der Waals surface area contributed by atoms with Crippen molar-refractivity contribution in [1.82, 2.24) is 0 Å². The highest BCUT2D eigenvalue weighted by molar-refractivity contribution is 6.36. The van der Waals surface area contributed by atoms with E-state index in [4.69, 9.17) is 9.47 Å². The summed E-state index contributed by atoms with van der Waals surface area (Å²) >= 11 is 0. The lowest BCUT2D eigenvalue weighted by Crippen LogP contribution is -2.32. The lowest BCUT2D eigenvalue weighted by Gasteiger charge is -2.25. The van der Waals surface area contributed by atoms with E-state index in [1.807, 2.05) is 52.8 Å². The molecule has 0 N–H and O–H groups in total. The smallest absolute Gasteiger partial charge is 0.344 e. The monoisotopic (exact) mass is 527 g/mol. The number of hydrogen-bond donors (Lipinski definition) is 0. The van der Waals surface area contributed by atoms with Crippen LogP contribution in [0.2, 0.25) is 0 Å². The van der Waals surface area contributed by atoms with Gasteiger partial charge in [-0.05, 0) is 65.8 Å². The van der Waals surface area contributed by atoms with E-state index in [2.05, 4.69) is 0 Å². The average molecular weight is 528 g/mol. The van der Waals surface area contributed by atoms with Gasteiger partial charge in [-0.25, -0.2) is 14.5 Å². The molecule has 0 aliphatic carbocycles. The fourth-order valence-electron chi connectivity index (χ4n) is 4.64. The predicted molar refractivity (Wildman–Crippen MR) is 149 cm³/mol. The number of carbonyl (C=O) groups excluding carboxylic acids is 4. The Morgan fingerprint density at radius 3 is 2.00 bits per heavy atom. The lowest BCUT2D eigenvalue weighted by molar-refractivity contribution is 0.0499. The molecule has 0 atom stereocenters. The number of carbonyl (C=O) groups is 4. The maximum Gasteiger partial charge on any atom is 0.344 e. The summed E-state index contributed by atoms with van der Waals surface area (Å²) in [4.78, 5) is 54.0. The fourth-order valence-corrected chi connectivity index (χ4v) is 4.64. The number of nitrogens with zero attached hydrogens (tertiary/aromatic N) is 1. The van der Waals surface area contributed by atoms with Crippen LogP contribution in [0.25, 0.3) is 0 Å². The number of rotatable bonds is 9. The van der Waals surface area contributed by atoms with E-state index in [1.54, 1.807) is 12.1 Å². The number of anilines is 1. The number of para-hydroxylation sites is 1. The number of unbranched alkanes of at least 4 members (excludes halogenated alkanes) is 1. The van der Waals surface area contributed by atoms with Gasteiger partial charge in [0.05, 0.1) is 34.5 Å². The Balaban J connectivity index is 1.63. The summed E-state index contributed by atoms with van der Waals surface area (Å²) in [6, 6.07) is 16.4. The molecular weight excluding hydrogens is 494 g/mol. The molecule has 0 unspecified atom stereocenters. The third-order valence-corrected chi connectivity index (χ3v) is 6.73. The van der Waals surface area contributed by atoms with Gasteiger partial charge in [-0.3, -0.25) is 9.59 Å². The van der Waals surface area contributed by atoms with Crippen LogP contribution < -0.4 is 9.64 Å². The molecule has 0 bridgehead atoms. The normalized spacial score (nSPS) is 12.7. The summed E-state index contributed by atoms with van der Waals surface area (Å²) in [6.07, 6.45) is 1.70. The highest BCUT2D eigenvalue weighted by Crippen LogP contribution is 2.40. The quantitative estimate of drug-likeness (QED) is 0.130. The molecule has 0 radical (unpaired) electrons. The zero-order valence-electron chi connectivity index (χ0n) is 22.9. The molecule has 39 heavy (non-hydrogen) atoms. The second-order valence-electron chi connectivity index (χ2n) is 10.2. The number of esters is 2. The Bertz CT molecular complexity index is 1390. The van der Waals surface area contributed by atoms with Crippen LogP contribution >= 0.6 is 0 Å². The Morgan fingerprint density at radius 1 is 0.795 bits per heavy atom.